The zero-order valence-corrected chi connectivity index (χ0v) is 10.3. The second-order valence-electron chi connectivity index (χ2n) is 3.49. The number of hydrogen-bond donors (Lipinski definition) is 2. The monoisotopic (exact) mass is 287 g/mol. The van der Waals surface area contributed by atoms with E-state index in [1.165, 1.54) is 0 Å². The average molecular weight is 289 g/mol. The minimum atomic E-state index is 0.412. The van der Waals surface area contributed by atoms with Gasteiger partial charge in [-0.15, -0.1) is 0 Å². The van der Waals surface area contributed by atoms with Gasteiger partial charge in [-0.05, 0) is 47.0 Å². The lowest BCUT2D eigenvalue weighted by atomic mass is 10.3. The first-order valence-corrected chi connectivity index (χ1v) is 5.87. The number of nitrogens with two attached hydrogens (primary N) is 1. The van der Waals surface area contributed by atoms with Crippen molar-refractivity contribution in [3.63, 3.8) is 0 Å². The van der Waals surface area contributed by atoms with Crippen LogP contribution in [0, 0.1) is 0 Å². The van der Waals surface area contributed by atoms with Crippen molar-refractivity contribution in [1.29, 1.82) is 0 Å². The van der Waals surface area contributed by atoms with E-state index in [4.69, 9.17) is 17.3 Å². The molecule has 1 aliphatic rings. The molecular weight excluding hydrogens is 277 g/mol. The van der Waals surface area contributed by atoms with Gasteiger partial charge in [-0.2, -0.15) is 0 Å². The molecule has 3 N–H and O–H groups in total. The number of anilines is 1. The molecule has 0 radical (unpaired) electrons. The van der Waals surface area contributed by atoms with Gasteiger partial charge in [0.25, 0.3) is 0 Å². The second-order valence-corrected chi connectivity index (χ2v) is 4.79. The van der Waals surface area contributed by atoms with Crippen LogP contribution in [0.4, 0.5) is 5.69 Å². The van der Waals surface area contributed by atoms with Gasteiger partial charge in [0.05, 0.1) is 11.7 Å². The summed E-state index contributed by atoms with van der Waals surface area (Å²) >= 11 is 9.29. The summed E-state index contributed by atoms with van der Waals surface area (Å²) in [5.41, 5.74) is 6.58. The van der Waals surface area contributed by atoms with Crippen LogP contribution in [-0.4, -0.2) is 12.0 Å². The van der Waals surface area contributed by atoms with Crippen LogP contribution in [0.3, 0.4) is 0 Å². The maximum atomic E-state index is 5.88. The maximum absolute atomic E-state index is 5.88. The Morgan fingerprint density at radius 3 is 2.93 bits per heavy atom. The van der Waals surface area contributed by atoms with Crippen molar-refractivity contribution in [2.75, 3.05) is 5.32 Å². The van der Waals surface area contributed by atoms with Gasteiger partial charge in [0, 0.05) is 9.50 Å². The zero-order valence-electron chi connectivity index (χ0n) is 8.00. The summed E-state index contributed by atoms with van der Waals surface area (Å²) in [5.74, 6) is 0.445. The highest BCUT2D eigenvalue weighted by molar-refractivity contribution is 9.10. The second kappa shape index (κ2) is 4.41. The third-order valence-corrected chi connectivity index (χ3v) is 2.99. The molecule has 0 atom stereocenters. The maximum Gasteiger partial charge on any atom is 0.193 e. The highest BCUT2D eigenvalue weighted by Crippen LogP contribution is 2.27. The number of halogens is 2. The Morgan fingerprint density at radius 2 is 2.27 bits per heavy atom. The Labute approximate surface area is 102 Å². The van der Waals surface area contributed by atoms with Crippen LogP contribution in [0.5, 0.6) is 0 Å². The Bertz CT molecular complexity index is 402. The number of guanidine groups is 1. The van der Waals surface area contributed by atoms with Gasteiger partial charge < -0.3 is 11.1 Å². The lowest BCUT2D eigenvalue weighted by molar-refractivity contribution is 1.06. The van der Waals surface area contributed by atoms with Crippen LogP contribution in [0.25, 0.3) is 0 Å². The van der Waals surface area contributed by atoms with Gasteiger partial charge in [0.15, 0.2) is 5.96 Å². The van der Waals surface area contributed by atoms with Crippen LogP contribution >= 0.6 is 27.5 Å². The SMILES string of the molecule is NC(=NC1CC1)Nc1cc(Cl)ccc1Br. The third-order valence-electron chi connectivity index (χ3n) is 2.06. The molecular formula is C10H11BrClN3. The van der Waals surface area contributed by atoms with Crippen molar-refractivity contribution in [2.24, 2.45) is 10.7 Å². The minimum absolute atomic E-state index is 0.412. The summed E-state index contributed by atoms with van der Waals surface area (Å²) in [7, 11) is 0. The largest absolute Gasteiger partial charge is 0.370 e. The fourth-order valence-electron chi connectivity index (χ4n) is 1.16. The number of benzene rings is 1. The van der Waals surface area contributed by atoms with Gasteiger partial charge in [-0.1, -0.05) is 11.6 Å². The molecule has 15 heavy (non-hydrogen) atoms. The van der Waals surface area contributed by atoms with Crippen molar-refractivity contribution in [1.82, 2.24) is 0 Å². The van der Waals surface area contributed by atoms with Crippen LogP contribution in [0.1, 0.15) is 12.8 Å². The normalized spacial score (nSPS) is 16.5. The van der Waals surface area contributed by atoms with E-state index in [9.17, 15) is 0 Å². The zero-order chi connectivity index (χ0) is 10.8. The number of hydrogen-bond acceptors (Lipinski definition) is 1. The lowest BCUT2D eigenvalue weighted by Gasteiger charge is -2.07. The quantitative estimate of drug-likeness (QED) is 0.649. The molecule has 80 valence electrons. The van der Waals surface area contributed by atoms with Gasteiger partial charge in [-0.25, -0.2) is 4.99 Å². The first kappa shape index (κ1) is 10.8. The van der Waals surface area contributed by atoms with E-state index in [1.54, 1.807) is 6.07 Å². The Hall–Kier alpha value is -0.740. The molecule has 1 fully saturated rings. The lowest BCUT2D eigenvalue weighted by Crippen LogP contribution is -2.23. The van der Waals surface area contributed by atoms with Gasteiger partial charge in [0.2, 0.25) is 0 Å². The molecule has 0 unspecified atom stereocenters. The molecule has 0 aromatic heterocycles. The van der Waals surface area contributed by atoms with E-state index in [1.807, 2.05) is 12.1 Å². The van der Waals surface area contributed by atoms with Crippen LogP contribution < -0.4 is 11.1 Å². The summed E-state index contributed by atoms with van der Waals surface area (Å²) in [6.45, 7) is 0. The van der Waals surface area contributed by atoms with Crippen molar-refractivity contribution in [3.8, 4) is 0 Å². The molecule has 3 nitrogen and oxygen atoms in total. The van der Waals surface area contributed by atoms with E-state index in [-0.39, 0.29) is 0 Å². The molecule has 5 heteroatoms. The smallest absolute Gasteiger partial charge is 0.193 e. The molecule has 1 aromatic rings. The Morgan fingerprint density at radius 1 is 1.53 bits per heavy atom. The number of nitrogens with zero attached hydrogens (tertiary/aromatic N) is 1. The highest BCUT2D eigenvalue weighted by Gasteiger charge is 2.20. The fraction of sp³-hybridized carbons (Fsp3) is 0.300. The van der Waals surface area contributed by atoms with E-state index >= 15 is 0 Å². The summed E-state index contributed by atoms with van der Waals surface area (Å²) in [6, 6.07) is 5.90. The fourth-order valence-corrected chi connectivity index (χ4v) is 1.68. The van der Waals surface area contributed by atoms with Crippen LogP contribution in [0.15, 0.2) is 27.7 Å². The summed E-state index contributed by atoms with van der Waals surface area (Å²) < 4.78 is 0.917. The molecule has 1 saturated carbocycles. The van der Waals surface area contributed by atoms with Crippen molar-refractivity contribution in [2.45, 2.75) is 18.9 Å². The first-order valence-electron chi connectivity index (χ1n) is 4.70. The van der Waals surface area contributed by atoms with Gasteiger partial charge >= 0.3 is 0 Å². The molecule has 2 rings (SSSR count). The third kappa shape index (κ3) is 3.11. The number of rotatable bonds is 2. The van der Waals surface area contributed by atoms with E-state index in [2.05, 4.69) is 26.2 Å². The summed E-state index contributed by atoms with van der Waals surface area (Å²) in [6.07, 6.45) is 2.28. The highest BCUT2D eigenvalue weighted by atomic mass is 79.9. The number of aliphatic imine (C=N–C) groups is 1. The van der Waals surface area contributed by atoms with E-state index < -0.39 is 0 Å². The number of nitrogens with one attached hydrogen (secondary N) is 1. The van der Waals surface area contributed by atoms with Crippen molar-refractivity contribution in [3.05, 3.63) is 27.7 Å². The summed E-state index contributed by atoms with van der Waals surface area (Å²) in [4.78, 5) is 4.27. The molecule has 0 heterocycles. The van der Waals surface area contributed by atoms with E-state index in [0.29, 0.717) is 17.0 Å². The predicted molar refractivity (Wildman–Crippen MR) is 67.4 cm³/mol. The molecule has 0 saturated heterocycles. The topological polar surface area (TPSA) is 50.4 Å². The van der Waals surface area contributed by atoms with Gasteiger partial charge in [-0.3, -0.25) is 0 Å². The predicted octanol–water partition coefficient (Wildman–Crippen LogP) is 2.99. The minimum Gasteiger partial charge on any atom is -0.370 e. The molecule has 0 spiro atoms. The van der Waals surface area contributed by atoms with Gasteiger partial charge in [0.1, 0.15) is 0 Å². The van der Waals surface area contributed by atoms with Crippen molar-refractivity contribution >= 4 is 39.2 Å². The molecule has 1 aliphatic carbocycles. The molecule has 0 aliphatic heterocycles. The Kier molecular flexibility index (Phi) is 3.17. The van der Waals surface area contributed by atoms with Crippen molar-refractivity contribution < 1.29 is 0 Å². The molecule has 0 amide bonds. The molecule has 1 aromatic carbocycles. The summed E-state index contributed by atoms with van der Waals surface area (Å²) in [5, 5.41) is 3.69. The standard InChI is InChI=1S/C10H11BrClN3/c11-8-4-1-6(12)5-9(8)15-10(13)14-7-2-3-7/h1,4-5,7H,2-3H2,(H3,13,14,15). The Balaban J connectivity index is 2.11. The molecule has 0 bridgehead atoms. The van der Waals surface area contributed by atoms with Crippen LogP contribution in [-0.2, 0) is 0 Å². The first-order chi connectivity index (χ1) is 7.15. The van der Waals surface area contributed by atoms with E-state index in [0.717, 1.165) is 23.0 Å². The van der Waals surface area contributed by atoms with Crippen LogP contribution in [0.2, 0.25) is 5.02 Å². The average Bonchev–Trinajstić information content (AvgIpc) is 2.95.